The molecule has 0 fully saturated rings. The van der Waals surface area contributed by atoms with Crippen LogP contribution in [0.4, 0.5) is 0 Å². The number of alkyl halides is 1. The molecule has 2 aromatic rings. The smallest absolute Gasteiger partial charge is 0.160 e. The number of amidine groups is 1. The van der Waals surface area contributed by atoms with Crippen LogP contribution in [0, 0.1) is 0 Å². The highest BCUT2D eigenvalue weighted by Gasteiger charge is 2.23. The van der Waals surface area contributed by atoms with Crippen LogP contribution in [0.5, 0.6) is 5.75 Å². The summed E-state index contributed by atoms with van der Waals surface area (Å²) < 4.78 is 5.25. The number of methoxy groups -OCH3 is 1. The van der Waals surface area contributed by atoms with E-state index in [1.807, 2.05) is 23.9 Å². The topological polar surface area (TPSA) is 24.8 Å². The molecule has 0 saturated heterocycles. The second-order valence-corrected chi connectivity index (χ2v) is 7.62. The Kier molecular flexibility index (Phi) is 6.21. The summed E-state index contributed by atoms with van der Waals surface area (Å²) in [5.41, 5.74) is 2.56. The van der Waals surface area contributed by atoms with Gasteiger partial charge in [-0.25, -0.2) is 0 Å². The third-order valence-electron chi connectivity index (χ3n) is 3.89. The summed E-state index contributed by atoms with van der Waals surface area (Å²) in [6.07, 6.45) is 0. The number of aliphatic imine (C=N–C) groups is 1. The lowest BCUT2D eigenvalue weighted by Gasteiger charge is -2.25. The second kappa shape index (κ2) is 8.58. The quantitative estimate of drug-likeness (QED) is 0.659. The number of halogens is 1. The third kappa shape index (κ3) is 4.54. The van der Waals surface area contributed by atoms with E-state index in [0.29, 0.717) is 5.25 Å². The van der Waals surface area contributed by atoms with Crippen LogP contribution in [0.2, 0.25) is 0 Å². The summed E-state index contributed by atoms with van der Waals surface area (Å²) in [5.74, 6) is 0.889. The van der Waals surface area contributed by atoms with Gasteiger partial charge in [-0.15, -0.1) is 0 Å². The second-order valence-electron chi connectivity index (χ2n) is 5.71. The van der Waals surface area contributed by atoms with Crippen molar-refractivity contribution < 1.29 is 4.74 Å². The van der Waals surface area contributed by atoms with E-state index in [1.165, 1.54) is 11.1 Å². The van der Waals surface area contributed by atoms with E-state index in [-0.39, 0.29) is 0 Å². The predicted octanol–water partition coefficient (Wildman–Crippen LogP) is 4.56. The van der Waals surface area contributed by atoms with Gasteiger partial charge >= 0.3 is 0 Å². The zero-order valence-electron chi connectivity index (χ0n) is 13.7. The van der Waals surface area contributed by atoms with Crippen LogP contribution in [0.15, 0.2) is 59.6 Å². The van der Waals surface area contributed by atoms with E-state index in [0.717, 1.165) is 35.9 Å². The molecule has 0 spiro atoms. The molecule has 1 unspecified atom stereocenters. The minimum atomic E-state index is 0.536. The Hall–Kier alpha value is -1.46. The SMILES string of the molecule is COc1ccc(CN(Cc2ccccc2)C2=NCC(CBr)S2)cc1. The monoisotopic (exact) mass is 404 g/mol. The van der Waals surface area contributed by atoms with Crippen molar-refractivity contribution in [2.45, 2.75) is 18.3 Å². The molecule has 3 rings (SSSR count). The minimum absolute atomic E-state index is 0.536. The summed E-state index contributed by atoms with van der Waals surface area (Å²) in [6.45, 7) is 2.60. The number of hydrogen-bond donors (Lipinski definition) is 0. The van der Waals surface area contributed by atoms with Crippen molar-refractivity contribution in [3.8, 4) is 5.75 Å². The first-order valence-corrected chi connectivity index (χ1v) is 9.97. The fourth-order valence-corrected chi connectivity index (χ4v) is 4.14. The zero-order valence-corrected chi connectivity index (χ0v) is 16.1. The molecule has 0 amide bonds. The molecule has 0 N–H and O–H groups in total. The molecular formula is C19H21BrN2OS. The molecule has 0 aromatic heterocycles. The fourth-order valence-electron chi connectivity index (χ4n) is 2.60. The van der Waals surface area contributed by atoms with Gasteiger partial charge < -0.3 is 9.64 Å². The van der Waals surface area contributed by atoms with Crippen molar-refractivity contribution in [1.29, 1.82) is 0 Å². The molecule has 1 aliphatic heterocycles. The summed E-state index contributed by atoms with van der Waals surface area (Å²) in [6, 6.07) is 18.9. The molecule has 3 nitrogen and oxygen atoms in total. The van der Waals surface area contributed by atoms with Crippen LogP contribution < -0.4 is 4.74 Å². The van der Waals surface area contributed by atoms with Crippen LogP contribution in [0.25, 0.3) is 0 Å². The number of ether oxygens (including phenoxy) is 1. The molecule has 0 saturated carbocycles. The summed E-state index contributed by atoms with van der Waals surface area (Å²) in [5, 5.41) is 2.65. The van der Waals surface area contributed by atoms with Crippen molar-refractivity contribution in [1.82, 2.24) is 4.90 Å². The van der Waals surface area contributed by atoms with E-state index in [2.05, 4.69) is 63.3 Å². The Bertz CT molecular complexity index is 676. The Morgan fingerprint density at radius 2 is 1.75 bits per heavy atom. The van der Waals surface area contributed by atoms with E-state index >= 15 is 0 Å². The molecular weight excluding hydrogens is 384 g/mol. The molecule has 2 aromatic carbocycles. The maximum Gasteiger partial charge on any atom is 0.160 e. The van der Waals surface area contributed by atoms with Gasteiger partial charge in [0.2, 0.25) is 0 Å². The standard InChI is InChI=1S/C19H21BrN2OS/c1-23-17-9-7-16(8-10-17)14-22(13-15-5-3-2-4-6-15)19-21-12-18(11-20)24-19/h2-10,18H,11-14H2,1H3. The van der Waals surface area contributed by atoms with Gasteiger partial charge in [0.1, 0.15) is 5.75 Å². The molecule has 1 aliphatic rings. The van der Waals surface area contributed by atoms with Crippen molar-refractivity contribution in [2.75, 3.05) is 19.0 Å². The predicted molar refractivity (Wildman–Crippen MR) is 106 cm³/mol. The van der Waals surface area contributed by atoms with Crippen molar-refractivity contribution in [3.05, 3.63) is 65.7 Å². The highest BCUT2D eigenvalue weighted by molar-refractivity contribution is 9.09. The number of thioether (sulfide) groups is 1. The summed E-state index contributed by atoms with van der Waals surface area (Å²) in [7, 11) is 1.70. The van der Waals surface area contributed by atoms with Crippen LogP contribution in [-0.4, -0.2) is 34.3 Å². The minimum Gasteiger partial charge on any atom is -0.497 e. The lowest BCUT2D eigenvalue weighted by atomic mass is 10.2. The highest BCUT2D eigenvalue weighted by atomic mass is 79.9. The maximum atomic E-state index is 5.25. The van der Waals surface area contributed by atoms with E-state index in [1.54, 1.807) is 7.11 Å². The fraction of sp³-hybridized carbons (Fsp3) is 0.316. The van der Waals surface area contributed by atoms with E-state index in [9.17, 15) is 0 Å². The Morgan fingerprint density at radius 1 is 1.08 bits per heavy atom. The Labute approximate surface area is 156 Å². The molecule has 1 heterocycles. The molecule has 0 aliphatic carbocycles. The number of hydrogen-bond acceptors (Lipinski definition) is 4. The first-order chi connectivity index (χ1) is 11.8. The molecule has 0 bridgehead atoms. The summed E-state index contributed by atoms with van der Waals surface area (Å²) in [4.78, 5) is 7.13. The lowest BCUT2D eigenvalue weighted by Crippen LogP contribution is -2.27. The van der Waals surface area contributed by atoms with Crippen LogP contribution in [0.3, 0.4) is 0 Å². The number of rotatable bonds is 6. The molecule has 5 heteroatoms. The Balaban J connectivity index is 1.76. The largest absolute Gasteiger partial charge is 0.497 e. The van der Waals surface area contributed by atoms with Gasteiger partial charge in [0.15, 0.2) is 5.17 Å². The van der Waals surface area contributed by atoms with Gasteiger partial charge in [-0.2, -0.15) is 0 Å². The number of benzene rings is 2. The molecule has 24 heavy (non-hydrogen) atoms. The molecule has 0 radical (unpaired) electrons. The van der Waals surface area contributed by atoms with Gasteiger partial charge in [-0.05, 0) is 23.3 Å². The van der Waals surface area contributed by atoms with Gasteiger partial charge in [0, 0.05) is 23.7 Å². The van der Waals surface area contributed by atoms with Crippen molar-refractivity contribution in [2.24, 2.45) is 4.99 Å². The summed E-state index contributed by atoms with van der Waals surface area (Å²) >= 11 is 5.45. The van der Waals surface area contributed by atoms with Crippen LogP contribution in [0.1, 0.15) is 11.1 Å². The lowest BCUT2D eigenvalue weighted by molar-refractivity contribution is 0.408. The average Bonchev–Trinajstić information content (AvgIpc) is 3.12. The third-order valence-corrected chi connectivity index (χ3v) is 6.35. The molecule has 1 atom stereocenters. The van der Waals surface area contributed by atoms with E-state index < -0.39 is 0 Å². The van der Waals surface area contributed by atoms with Gasteiger partial charge in [0.25, 0.3) is 0 Å². The average molecular weight is 405 g/mol. The normalized spacial score (nSPS) is 16.8. The van der Waals surface area contributed by atoms with Gasteiger partial charge in [0.05, 0.1) is 13.7 Å². The first kappa shape index (κ1) is 17.4. The molecule has 126 valence electrons. The van der Waals surface area contributed by atoms with Crippen molar-refractivity contribution in [3.63, 3.8) is 0 Å². The number of nitrogens with zero attached hydrogens (tertiary/aromatic N) is 2. The van der Waals surface area contributed by atoms with E-state index in [4.69, 9.17) is 9.73 Å². The highest BCUT2D eigenvalue weighted by Crippen LogP contribution is 2.27. The Morgan fingerprint density at radius 3 is 2.33 bits per heavy atom. The first-order valence-electron chi connectivity index (χ1n) is 7.97. The van der Waals surface area contributed by atoms with Crippen LogP contribution >= 0.6 is 27.7 Å². The maximum absolute atomic E-state index is 5.25. The zero-order chi connectivity index (χ0) is 16.8. The van der Waals surface area contributed by atoms with Gasteiger partial charge in [-0.3, -0.25) is 4.99 Å². The van der Waals surface area contributed by atoms with Crippen molar-refractivity contribution >= 4 is 32.9 Å². The van der Waals surface area contributed by atoms with Gasteiger partial charge in [-0.1, -0.05) is 70.2 Å². The van der Waals surface area contributed by atoms with Crippen LogP contribution in [-0.2, 0) is 13.1 Å².